The van der Waals surface area contributed by atoms with Gasteiger partial charge in [0, 0.05) is 0 Å². The summed E-state index contributed by atoms with van der Waals surface area (Å²) < 4.78 is 4.95. The predicted molar refractivity (Wildman–Crippen MR) is 132 cm³/mol. The largest absolute Gasteiger partial charge is 0.476 e. The van der Waals surface area contributed by atoms with Crippen molar-refractivity contribution in [1.82, 2.24) is 9.97 Å². The Hall–Kier alpha value is -3.65. The Morgan fingerprint density at radius 1 is 1.21 bits per heavy atom. The highest BCUT2D eigenvalue weighted by molar-refractivity contribution is 6.29. The number of amides is 1. The average Bonchev–Trinajstić information content (AvgIpc) is 3.26. The molecule has 34 heavy (non-hydrogen) atoms. The molecule has 8 nitrogen and oxygen atoms in total. The number of hydrogen-bond acceptors (Lipinski definition) is 6. The Kier molecular flexibility index (Phi) is 8.43. The molecule has 178 valence electrons. The number of benzene rings is 1. The van der Waals surface area contributed by atoms with Gasteiger partial charge in [0.25, 0.3) is 0 Å². The number of nitrogens with zero attached hydrogens (tertiary/aromatic N) is 3. The second kappa shape index (κ2) is 11.5. The zero-order chi connectivity index (χ0) is 24.7. The maximum absolute atomic E-state index is 11.8. The Labute approximate surface area is 203 Å². The highest BCUT2D eigenvalue weighted by atomic mass is 35.5. The third-order valence-electron chi connectivity index (χ3n) is 5.14. The molecule has 1 amide bonds. The molecule has 4 rings (SSSR count). The third-order valence-corrected chi connectivity index (χ3v) is 5.35. The van der Waals surface area contributed by atoms with Crippen LogP contribution in [0, 0.1) is 6.92 Å². The number of aromatic carboxylic acids is 1. The van der Waals surface area contributed by atoms with Crippen molar-refractivity contribution >= 4 is 35.2 Å². The van der Waals surface area contributed by atoms with Gasteiger partial charge in [-0.05, 0) is 55.7 Å². The maximum Gasteiger partial charge on any atom is 0.415 e. The first-order chi connectivity index (χ1) is 16.3. The van der Waals surface area contributed by atoms with Crippen molar-refractivity contribution in [3.05, 3.63) is 82.3 Å². The van der Waals surface area contributed by atoms with Crippen LogP contribution in [0.4, 0.5) is 16.3 Å². The van der Waals surface area contributed by atoms with Crippen molar-refractivity contribution in [2.45, 2.75) is 33.2 Å². The number of carbonyl (C=O) groups excluding carboxylic acids is 1. The zero-order valence-corrected chi connectivity index (χ0v) is 20.0. The van der Waals surface area contributed by atoms with Crippen molar-refractivity contribution < 1.29 is 19.4 Å². The summed E-state index contributed by atoms with van der Waals surface area (Å²) in [5.41, 5.74) is 3.16. The summed E-state index contributed by atoms with van der Waals surface area (Å²) >= 11 is 5.78. The fraction of sp³-hybridized carbons (Fsp3) is 0.280. The summed E-state index contributed by atoms with van der Waals surface area (Å²) in [7, 11) is 0. The maximum atomic E-state index is 11.8. The van der Waals surface area contributed by atoms with Gasteiger partial charge in [0.05, 0.1) is 24.0 Å². The molecule has 0 bridgehead atoms. The van der Waals surface area contributed by atoms with Gasteiger partial charge in [0.2, 0.25) is 0 Å². The van der Waals surface area contributed by atoms with Gasteiger partial charge in [0.15, 0.2) is 5.69 Å². The van der Waals surface area contributed by atoms with Gasteiger partial charge >= 0.3 is 12.1 Å². The monoisotopic (exact) mass is 482 g/mol. The number of nitrogens with one attached hydrogen (secondary N) is 1. The van der Waals surface area contributed by atoms with Crippen LogP contribution in [0.1, 0.15) is 47.2 Å². The van der Waals surface area contributed by atoms with Gasteiger partial charge < -0.3 is 15.2 Å². The lowest BCUT2D eigenvalue weighted by Gasteiger charge is -2.19. The number of ether oxygens (including phenoxy) is 1. The summed E-state index contributed by atoms with van der Waals surface area (Å²) in [5, 5.41) is 12.5. The normalized spacial score (nSPS) is 13.5. The highest BCUT2D eigenvalue weighted by Crippen LogP contribution is 2.26. The minimum absolute atomic E-state index is 0.101. The van der Waals surface area contributed by atoms with E-state index in [2.05, 4.69) is 46.5 Å². The number of cyclic esters (lactones) is 1. The summed E-state index contributed by atoms with van der Waals surface area (Å²) in [6.45, 7) is 6.68. The van der Waals surface area contributed by atoms with Crippen LogP contribution in [0.5, 0.6) is 0 Å². The lowest BCUT2D eigenvalue weighted by Crippen LogP contribution is -2.25. The summed E-state index contributed by atoms with van der Waals surface area (Å²) in [6, 6.07) is 16.9. The lowest BCUT2D eigenvalue weighted by atomic mass is 10.1. The van der Waals surface area contributed by atoms with Crippen LogP contribution in [-0.4, -0.2) is 40.3 Å². The van der Waals surface area contributed by atoms with Crippen molar-refractivity contribution in [3.63, 3.8) is 0 Å². The molecule has 1 aliphatic rings. The van der Waals surface area contributed by atoms with Crippen LogP contribution in [0.2, 0.25) is 5.15 Å². The molecule has 2 N–H and O–H groups in total. The van der Waals surface area contributed by atoms with E-state index < -0.39 is 12.1 Å². The second-order valence-corrected chi connectivity index (χ2v) is 8.12. The molecule has 2 aromatic heterocycles. The molecule has 1 aliphatic heterocycles. The number of pyridine rings is 2. The smallest absolute Gasteiger partial charge is 0.415 e. The van der Waals surface area contributed by atoms with Crippen LogP contribution >= 0.6 is 11.6 Å². The van der Waals surface area contributed by atoms with Crippen molar-refractivity contribution in [3.8, 4) is 0 Å². The van der Waals surface area contributed by atoms with Crippen molar-refractivity contribution in [2.75, 3.05) is 23.4 Å². The quantitative estimate of drug-likeness (QED) is 0.446. The second-order valence-electron chi connectivity index (χ2n) is 7.73. The molecular weight excluding hydrogens is 456 g/mol. The van der Waals surface area contributed by atoms with E-state index >= 15 is 0 Å². The Balaban J connectivity index is 0.000000343. The molecule has 0 saturated carbocycles. The van der Waals surface area contributed by atoms with E-state index in [9.17, 15) is 14.7 Å². The Morgan fingerprint density at radius 2 is 1.94 bits per heavy atom. The van der Waals surface area contributed by atoms with Gasteiger partial charge in [-0.2, -0.15) is 0 Å². The first kappa shape index (κ1) is 25.0. The minimum atomic E-state index is -1.18. The predicted octanol–water partition coefficient (Wildman–Crippen LogP) is 5.52. The third kappa shape index (κ3) is 6.45. The number of carboxylic acids is 1. The number of anilines is 2. The number of rotatable bonds is 6. The van der Waals surface area contributed by atoms with Gasteiger partial charge in [-0.3, -0.25) is 4.90 Å². The fourth-order valence-corrected chi connectivity index (χ4v) is 3.52. The molecule has 3 heterocycles. The summed E-state index contributed by atoms with van der Waals surface area (Å²) in [5.74, 6) is -0.677. The van der Waals surface area contributed by atoms with Crippen LogP contribution in [0.25, 0.3) is 0 Å². The van der Waals surface area contributed by atoms with E-state index in [1.165, 1.54) is 16.5 Å². The molecule has 0 aliphatic carbocycles. The number of carbonyl (C=O) groups is 2. The molecule has 1 fully saturated rings. The minimum Gasteiger partial charge on any atom is -0.476 e. The summed E-state index contributed by atoms with van der Waals surface area (Å²) in [6.07, 6.45) is 0.714. The number of carboxylic acid groups (broad SMARTS) is 1. The van der Waals surface area contributed by atoms with Gasteiger partial charge in [-0.15, -0.1) is 0 Å². The van der Waals surface area contributed by atoms with Gasteiger partial charge in [-0.25, -0.2) is 19.6 Å². The number of hydrogen-bond donors (Lipinski definition) is 2. The van der Waals surface area contributed by atoms with Crippen molar-refractivity contribution in [1.29, 1.82) is 0 Å². The molecule has 1 unspecified atom stereocenters. The molecule has 0 radical (unpaired) electrons. The van der Waals surface area contributed by atoms with Crippen LogP contribution < -0.4 is 10.2 Å². The van der Waals surface area contributed by atoms with E-state index in [1.807, 2.05) is 26.0 Å². The molecule has 1 saturated heterocycles. The SMILES string of the molecule is CCc1ccccc1.Cc1cc(C(C)Nc2ccc(Cl)nc2C(=O)O)nc(N2CCOC2=O)c1. The topological polar surface area (TPSA) is 105 Å². The highest BCUT2D eigenvalue weighted by Gasteiger charge is 2.26. The first-order valence-electron chi connectivity index (χ1n) is 10.9. The van der Waals surface area contributed by atoms with E-state index in [-0.39, 0.29) is 16.9 Å². The number of aromatic nitrogens is 2. The Morgan fingerprint density at radius 3 is 2.53 bits per heavy atom. The average molecular weight is 483 g/mol. The Bertz CT molecular complexity index is 1160. The van der Waals surface area contributed by atoms with E-state index in [1.54, 1.807) is 12.1 Å². The number of halogens is 1. The summed E-state index contributed by atoms with van der Waals surface area (Å²) in [4.78, 5) is 33.0. The molecule has 0 spiro atoms. The molecule has 1 aromatic carbocycles. The van der Waals surface area contributed by atoms with E-state index in [4.69, 9.17) is 16.3 Å². The first-order valence-corrected chi connectivity index (χ1v) is 11.3. The lowest BCUT2D eigenvalue weighted by molar-refractivity contribution is 0.0691. The van der Waals surface area contributed by atoms with E-state index in [0.29, 0.717) is 30.4 Å². The number of aryl methyl sites for hydroxylation is 2. The van der Waals surface area contributed by atoms with Crippen LogP contribution in [0.3, 0.4) is 0 Å². The van der Waals surface area contributed by atoms with E-state index in [0.717, 1.165) is 12.0 Å². The fourth-order valence-electron chi connectivity index (χ4n) is 3.37. The molecule has 9 heteroatoms. The molecule has 3 aromatic rings. The molecule has 1 atom stereocenters. The van der Waals surface area contributed by atoms with Gasteiger partial charge in [0.1, 0.15) is 17.6 Å². The van der Waals surface area contributed by atoms with Gasteiger partial charge in [-0.1, -0.05) is 48.9 Å². The van der Waals surface area contributed by atoms with Crippen LogP contribution in [-0.2, 0) is 11.2 Å². The van der Waals surface area contributed by atoms with Crippen molar-refractivity contribution in [2.24, 2.45) is 0 Å². The van der Waals surface area contributed by atoms with Crippen LogP contribution in [0.15, 0.2) is 54.6 Å². The zero-order valence-electron chi connectivity index (χ0n) is 19.3. The molecular formula is C25H27ClN4O4. The standard InChI is InChI=1S/C17H17ClN4O4.C8H10/c1-9-7-12(20-14(8-9)22-5-6-26-17(22)25)10(2)19-11-3-4-13(18)21-15(11)16(23)24;1-2-8-6-4-3-5-7-8/h3-4,7-8,10,19H,5-6H2,1-2H3,(H,23,24);3-7H,2H2,1H3.